The Labute approximate surface area is 134 Å². The summed E-state index contributed by atoms with van der Waals surface area (Å²) in [5.41, 5.74) is 5.84. The number of carbonyl (C=O) groups is 1. The lowest BCUT2D eigenvalue weighted by Gasteiger charge is -2.48. The van der Waals surface area contributed by atoms with Gasteiger partial charge in [0.05, 0.1) is 16.5 Å². The third kappa shape index (κ3) is 2.25. The minimum absolute atomic E-state index is 0.0765. The number of carboxylic acids is 1. The van der Waals surface area contributed by atoms with Gasteiger partial charge in [-0.15, -0.1) is 0 Å². The molecule has 6 nitrogen and oxygen atoms in total. The van der Waals surface area contributed by atoms with Crippen molar-refractivity contribution in [3.8, 4) is 0 Å². The second-order valence-electron chi connectivity index (χ2n) is 6.01. The molecule has 3 atom stereocenters. The van der Waals surface area contributed by atoms with Crippen LogP contribution in [-0.2, 0) is 14.3 Å². The molecule has 0 bridgehead atoms. The number of hydrogen-bond donors (Lipinski definition) is 2. The Morgan fingerprint density at radius 1 is 1.50 bits per heavy atom. The number of nitrogens with zero attached hydrogens (tertiary/aromatic N) is 1. The number of fused-ring (bicyclic) bond motifs is 1. The molecule has 3 rings (SSSR count). The maximum atomic E-state index is 11.5. The first kappa shape index (κ1) is 15.8. The SMILES string of the molecule is CO[C@@H]1COC2=C(C(=O)O)C=C(Cl)C(N)(N3CCCCC3)[C@H]21. The van der Waals surface area contributed by atoms with Crippen LogP contribution < -0.4 is 5.73 Å². The zero-order valence-corrected chi connectivity index (χ0v) is 13.3. The molecular formula is C15H21ClN2O4. The average molecular weight is 329 g/mol. The van der Waals surface area contributed by atoms with Gasteiger partial charge in [-0.3, -0.25) is 4.90 Å². The minimum atomic E-state index is -1.06. The van der Waals surface area contributed by atoms with Crippen molar-refractivity contribution in [1.82, 2.24) is 4.90 Å². The van der Waals surface area contributed by atoms with Crippen LogP contribution in [0.4, 0.5) is 0 Å². The highest BCUT2D eigenvalue weighted by atomic mass is 35.5. The summed E-state index contributed by atoms with van der Waals surface area (Å²) >= 11 is 6.47. The second kappa shape index (κ2) is 5.85. The minimum Gasteiger partial charge on any atom is -0.494 e. The number of halogens is 1. The molecule has 0 aromatic carbocycles. The van der Waals surface area contributed by atoms with E-state index in [4.69, 9.17) is 26.8 Å². The number of piperidine rings is 1. The molecule has 0 amide bonds. The normalized spacial score (nSPS) is 35.9. The number of ether oxygens (including phenoxy) is 2. The number of likely N-dealkylation sites (tertiary alicyclic amines) is 1. The quantitative estimate of drug-likeness (QED) is 0.811. The van der Waals surface area contributed by atoms with Gasteiger partial charge in [-0.25, -0.2) is 4.79 Å². The highest BCUT2D eigenvalue weighted by molar-refractivity contribution is 6.31. The molecule has 1 aliphatic carbocycles. The summed E-state index contributed by atoms with van der Waals surface area (Å²) in [4.78, 5) is 13.6. The van der Waals surface area contributed by atoms with Crippen LogP contribution in [0.25, 0.3) is 0 Å². The third-order valence-corrected chi connectivity index (χ3v) is 5.27. The van der Waals surface area contributed by atoms with E-state index in [1.54, 1.807) is 7.11 Å². The largest absolute Gasteiger partial charge is 0.494 e. The molecule has 122 valence electrons. The van der Waals surface area contributed by atoms with Gasteiger partial charge in [0, 0.05) is 20.2 Å². The Hall–Kier alpha value is -1.08. The molecule has 0 radical (unpaired) electrons. The molecule has 0 saturated carbocycles. The van der Waals surface area contributed by atoms with Crippen LogP contribution in [0.2, 0.25) is 0 Å². The maximum absolute atomic E-state index is 11.5. The van der Waals surface area contributed by atoms with E-state index in [1.807, 2.05) is 0 Å². The van der Waals surface area contributed by atoms with E-state index >= 15 is 0 Å². The summed E-state index contributed by atoms with van der Waals surface area (Å²) in [7, 11) is 1.58. The van der Waals surface area contributed by atoms with Gasteiger partial charge >= 0.3 is 5.97 Å². The van der Waals surface area contributed by atoms with Crippen molar-refractivity contribution in [1.29, 1.82) is 0 Å². The summed E-state index contributed by atoms with van der Waals surface area (Å²) in [6, 6.07) is 0. The van der Waals surface area contributed by atoms with E-state index < -0.39 is 17.6 Å². The third-order valence-electron chi connectivity index (χ3n) is 4.86. The van der Waals surface area contributed by atoms with Crippen molar-refractivity contribution in [3.05, 3.63) is 22.4 Å². The number of methoxy groups -OCH3 is 1. The molecule has 2 heterocycles. The predicted octanol–water partition coefficient (Wildman–Crippen LogP) is 1.26. The van der Waals surface area contributed by atoms with Crippen molar-refractivity contribution in [2.75, 3.05) is 26.8 Å². The molecule has 22 heavy (non-hydrogen) atoms. The lowest BCUT2D eigenvalue weighted by Crippen LogP contribution is -2.65. The smallest absolute Gasteiger partial charge is 0.339 e. The van der Waals surface area contributed by atoms with Crippen molar-refractivity contribution in [2.24, 2.45) is 11.7 Å². The molecule has 0 aromatic rings. The van der Waals surface area contributed by atoms with Crippen LogP contribution in [0.1, 0.15) is 19.3 Å². The Bertz CT molecular complexity index is 542. The van der Waals surface area contributed by atoms with Crippen molar-refractivity contribution in [3.63, 3.8) is 0 Å². The lowest BCUT2D eigenvalue weighted by molar-refractivity contribution is -0.132. The average Bonchev–Trinajstić information content (AvgIpc) is 2.96. The van der Waals surface area contributed by atoms with E-state index in [-0.39, 0.29) is 18.3 Å². The van der Waals surface area contributed by atoms with E-state index in [1.165, 1.54) is 12.5 Å². The van der Waals surface area contributed by atoms with E-state index in [0.717, 1.165) is 25.9 Å². The summed E-state index contributed by atoms with van der Waals surface area (Å²) in [5.74, 6) is -1.08. The standard InChI is InChI=1S/C15H21ClN2O4/c1-21-10-8-22-13-9(14(19)20)7-11(16)15(17,12(10)13)18-5-3-2-4-6-18/h7,10,12H,2-6,8,17H2,1H3,(H,19,20)/t10-,12+,15?/m1/s1. The maximum Gasteiger partial charge on any atom is 0.339 e. The molecule has 2 fully saturated rings. The topological polar surface area (TPSA) is 85.0 Å². The van der Waals surface area contributed by atoms with Crippen LogP contribution >= 0.6 is 11.6 Å². The fourth-order valence-electron chi connectivity index (χ4n) is 3.70. The van der Waals surface area contributed by atoms with Gasteiger partial charge in [0.15, 0.2) is 0 Å². The van der Waals surface area contributed by atoms with Gasteiger partial charge in [0.2, 0.25) is 0 Å². The van der Waals surface area contributed by atoms with Crippen molar-refractivity contribution >= 4 is 17.6 Å². The first-order valence-electron chi connectivity index (χ1n) is 7.54. The van der Waals surface area contributed by atoms with Gasteiger partial charge in [-0.05, 0) is 18.9 Å². The number of nitrogens with two attached hydrogens (primary N) is 1. The van der Waals surface area contributed by atoms with Gasteiger partial charge in [-0.1, -0.05) is 18.0 Å². The zero-order chi connectivity index (χ0) is 15.9. The second-order valence-corrected chi connectivity index (χ2v) is 6.42. The van der Waals surface area contributed by atoms with E-state index in [9.17, 15) is 9.90 Å². The fourth-order valence-corrected chi connectivity index (χ4v) is 4.05. The number of carboxylic acid groups (broad SMARTS) is 1. The molecule has 1 unspecified atom stereocenters. The highest BCUT2D eigenvalue weighted by Crippen LogP contribution is 2.47. The van der Waals surface area contributed by atoms with Crippen molar-refractivity contribution < 1.29 is 19.4 Å². The first-order valence-corrected chi connectivity index (χ1v) is 7.92. The fraction of sp³-hybridized carbons (Fsp3) is 0.667. The number of hydrogen-bond acceptors (Lipinski definition) is 5. The van der Waals surface area contributed by atoms with Crippen LogP contribution in [-0.4, -0.2) is 54.5 Å². The van der Waals surface area contributed by atoms with Crippen LogP contribution in [0.3, 0.4) is 0 Å². The van der Waals surface area contributed by atoms with Crippen LogP contribution in [0, 0.1) is 5.92 Å². The lowest BCUT2D eigenvalue weighted by atomic mass is 9.79. The number of aliphatic carboxylic acids is 1. The Balaban J connectivity index is 2.07. The Kier molecular flexibility index (Phi) is 4.20. The molecular weight excluding hydrogens is 308 g/mol. The van der Waals surface area contributed by atoms with Crippen LogP contribution in [0.15, 0.2) is 22.4 Å². The summed E-state index contributed by atoms with van der Waals surface area (Å²) < 4.78 is 11.1. The zero-order valence-electron chi connectivity index (χ0n) is 12.5. The number of rotatable bonds is 3. The Morgan fingerprint density at radius 2 is 2.18 bits per heavy atom. The highest BCUT2D eigenvalue weighted by Gasteiger charge is 2.56. The molecule has 3 N–H and O–H groups in total. The monoisotopic (exact) mass is 328 g/mol. The predicted molar refractivity (Wildman–Crippen MR) is 81.2 cm³/mol. The summed E-state index contributed by atoms with van der Waals surface area (Å²) in [6.07, 6.45) is 4.41. The van der Waals surface area contributed by atoms with Gasteiger partial charge < -0.3 is 20.3 Å². The molecule has 2 saturated heterocycles. The summed E-state index contributed by atoms with van der Waals surface area (Å²) in [5, 5.41) is 9.75. The molecule has 0 aromatic heterocycles. The van der Waals surface area contributed by atoms with Crippen LogP contribution in [0.5, 0.6) is 0 Å². The van der Waals surface area contributed by atoms with Gasteiger partial charge in [-0.2, -0.15) is 0 Å². The molecule has 7 heteroatoms. The molecule has 3 aliphatic rings. The first-order chi connectivity index (χ1) is 10.5. The Morgan fingerprint density at radius 3 is 2.77 bits per heavy atom. The molecule has 0 spiro atoms. The van der Waals surface area contributed by atoms with Gasteiger partial charge in [0.1, 0.15) is 24.1 Å². The van der Waals surface area contributed by atoms with Gasteiger partial charge in [0.25, 0.3) is 0 Å². The molecule has 2 aliphatic heterocycles. The van der Waals surface area contributed by atoms with E-state index in [2.05, 4.69) is 4.90 Å². The van der Waals surface area contributed by atoms with E-state index in [0.29, 0.717) is 10.8 Å². The summed E-state index contributed by atoms with van der Waals surface area (Å²) in [6.45, 7) is 1.96. The van der Waals surface area contributed by atoms with Crippen molar-refractivity contribution in [2.45, 2.75) is 31.0 Å².